The highest BCUT2D eigenvalue weighted by Gasteiger charge is 2.13. The molecule has 8 heteroatoms. The number of nitrogens with zero attached hydrogens (tertiary/aromatic N) is 4. The lowest BCUT2D eigenvalue weighted by Gasteiger charge is -2.09. The van der Waals surface area contributed by atoms with E-state index in [2.05, 4.69) is 45.8 Å². The van der Waals surface area contributed by atoms with Gasteiger partial charge in [0.15, 0.2) is 11.5 Å². The zero-order valence-electron chi connectivity index (χ0n) is 15.3. The smallest absolute Gasteiger partial charge is 0.269 e. The molecule has 2 aromatic heterocycles. The second-order valence-electron chi connectivity index (χ2n) is 6.37. The minimum atomic E-state index is -0.301. The Bertz CT molecular complexity index is 1170. The van der Waals surface area contributed by atoms with Crippen molar-refractivity contribution in [1.82, 2.24) is 25.2 Å². The van der Waals surface area contributed by atoms with Crippen LogP contribution in [-0.4, -0.2) is 25.7 Å². The number of fused-ring (bicyclic) bond motifs is 1. The highest BCUT2D eigenvalue weighted by molar-refractivity contribution is 6.30. The molecule has 2 heterocycles. The van der Waals surface area contributed by atoms with E-state index in [-0.39, 0.29) is 5.91 Å². The number of aryl methyl sites for hydroxylation is 2. The summed E-state index contributed by atoms with van der Waals surface area (Å²) in [6, 6.07) is 12.7. The van der Waals surface area contributed by atoms with Crippen LogP contribution in [0.15, 0.2) is 55.0 Å². The van der Waals surface area contributed by atoms with Crippen molar-refractivity contribution in [3.8, 4) is 5.69 Å². The third kappa shape index (κ3) is 3.39. The van der Waals surface area contributed by atoms with Crippen molar-refractivity contribution in [2.24, 2.45) is 0 Å². The van der Waals surface area contributed by atoms with Gasteiger partial charge in [-0.1, -0.05) is 17.7 Å². The fourth-order valence-electron chi connectivity index (χ4n) is 2.78. The molecule has 0 atom stereocenters. The molecular formula is C20H17ClN6O. The molecule has 2 aromatic carbocycles. The second-order valence-corrected chi connectivity index (χ2v) is 6.81. The molecule has 4 rings (SSSR count). The van der Waals surface area contributed by atoms with Gasteiger partial charge in [0.2, 0.25) is 0 Å². The molecule has 7 nitrogen and oxygen atoms in total. The first-order valence-electron chi connectivity index (χ1n) is 8.61. The van der Waals surface area contributed by atoms with E-state index in [0.29, 0.717) is 27.4 Å². The molecule has 0 aliphatic carbocycles. The largest absolute Gasteiger partial charge is 0.281 e. The lowest BCUT2D eigenvalue weighted by Crippen LogP contribution is -2.29. The van der Waals surface area contributed by atoms with E-state index in [9.17, 15) is 4.79 Å². The minimum Gasteiger partial charge on any atom is -0.281 e. The number of halogens is 1. The Labute approximate surface area is 166 Å². The van der Waals surface area contributed by atoms with Crippen LogP contribution in [0.2, 0.25) is 5.02 Å². The normalized spacial score (nSPS) is 10.8. The summed E-state index contributed by atoms with van der Waals surface area (Å²) in [6.07, 6.45) is 3.10. The van der Waals surface area contributed by atoms with Crippen LogP contribution in [0.1, 0.15) is 21.5 Å². The lowest BCUT2D eigenvalue weighted by molar-refractivity contribution is 0.0962. The zero-order chi connectivity index (χ0) is 19.7. The first-order chi connectivity index (χ1) is 13.5. The molecule has 1 amide bonds. The van der Waals surface area contributed by atoms with Crippen LogP contribution >= 0.6 is 11.6 Å². The van der Waals surface area contributed by atoms with Crippen molar-refractivity contribution >= 4 is 34.4 Å². The number of hydrazine groups is 1. The molecule has 0 radical (unpaired) electrons. The van der Waals surface area contributed by atoms with E-state index in [0.717, 1.165) is 5.69 Å². The molecule has 0 saturated carbocycles. The summed E-state index contributed by atoms with van der Waals surface area (Å²) >= 11 is 5.85. The number of nitrogens with one attached hydrogen (secondary N) is 2. The standard InChI is InChI=1S/C20H17ClN6O/c1-12-3-8-16(9-13(12)2)27-19-17(10-24-27)18(22-11-23-19)25-26-20(28)14-4-6-15(21)7-5-14/h3-11H,1-2H3,(H,26,28)(H,22,23,25). The van der Waals surface area contributed by atoms with Crippen LogP contribution in [0.4, 0.5) is 5.82 Å². The third-order valence-corrected chi connectivity index (χ3v) is 4.75. The van der Waals surface area contributed by atoms with E-state index < -0.39 is 0 Å². The fourth-order valence-corrected chi connectivity index (χ4v) is 2.91. The summed E-state index contributed by atoms with van der Waals surface area (Å²) < 4.78 is 1.75. The van der Waals surface area contributed by atoms with Crippen LogP contribution in [0.5, 0.6) is 0 Å². The number of rotatable bonds is 4. The van der Waals surface area contributed by atoms with Gasteiger partial charge in [-0.25, -0.2) is 14.6 Å². The van der Waals surface area contributed by atoms with Crippen LogP contribution in [0.3, 0.4) is 0 Å². The third-order valence-electron chi connectivity index (χ3n) is 4.50. The van der Waals surface area contributed by atoms with Crippen LogP contribution < -0.4 is 10.9 Å². The molecule has 0 fully saturated rings. The average molecular weight is 393 g/mol. The van der Waals surface area contributed by atoms with Gasteiger partial charge >= 0.3 is 0 Å². The Morgan fingerprint density at radius 3 is 2.57 bits per heavy atom. The summed E-state index contributed by atoms with van der Waals surface area (Å²) in [6.45, 7) is 4.12. The maximum absolute atomic E-state index is 12.3. The van der Waals surface area contributed by atoms with Gasteiger partial charge < -0.3 is 0 Å². The number of aromatic nitrogens is 4. The first-order valence-corrected chi connectivity index (χ1v) is 8.99. The summed E-state index contributed by atoms with van der Waals surface area (Å²) in [5.74, 6) is 0.160. The maximum Gasteiger partial charge on any atom is 0.269 e. The quantitative estimate of drug-likeness (QED) is 0.515. The van der Waals surface area contributed by atoms with E-state index in [1.54, 1.807) is 35.1 Å². The first kappa shape index (κ1) is 17.9. The van der Waals surface area contributed by atoms with Gasteiger partial charge in [-0.15, -0.1) is 0 Å². The molecule has 0 saturated heterocycles. The summed E-state index contributed by atoms with van der Waals surface area (Å²) in [7, 11) is 0. The molecular weight excluding hydrogens is 376 g/mol. The second kappa shape index (κ2) is 7.28. The van der Waals surface area contributed by atoms with Gasteiger partial charge in [0, 0.05) is 10.6 Å². The summed E-state index contributed by atoms with van der Waals surface area (Å²) in [5, 5.41) is 5.70. The Hall–Kier alpha value is -3.45. The average Bonchev–Trinajstić information content (AvgIpc) is 3.13. The van der Waals surface area contributed by atoms with Gasteiger partial charge in [-0.2, -0.15) is 5.10 Å². The molecule has 140 valence electrons. The minimum absolute atomic E-state index is 0.301. The molecule has 0 bridgehead atoms. The van der Waals surface area contributed by atoms with E-state index in [1.165, 1.54) is 17.5 Å². The molecule has 0 spiro atoms. The monoisotopic (exact) mass is 392 g/mol. The zero-order valence-corrected chi connectivity index (χ0v) is 16.0. The van der Waals surface area contributed by atoms with Gasteiger partial charge in [0.25, 0.3) is 5.91 Å². The van der Waals surface area contributed by atoms with Crippen molar-refractivity contribution < 1.29 is 4.79 Å². The molecule has 28 heavy (non-hydrogen) atoms. The van der Waals surface area contributed by atoms with Gasteiger partial charge in [0.1, 0.15) is 6.33 Å². The SMILES string of the molecule is Cc1ccc(-n2ncc3c(NNC(=O)c4ccc(Cl)cc4)ncnc32)cc1C. The predicted octanol–water partition coefficient (Wildman–Crippen LogP) is 3.84. The number of amides is 1. The Kier molecular flexibility index (Phi) is 4.67. The van der Waals surface area contributed by atoms with Crippen molar-refractivity contribution in [2.45, 2.75) is 13.8 Å². The van der Waals surface area contributed by atoms with Gasteiger partial charge in [-0.3, -0.25) is 15.6 Å². The number of anilines is 1. The number of benzene rings is 2. The number of hydrogen-bond acceptors (Lipinski definition) is 5. The molecule has 0 unspecified atom stereocenters. The van der Waals surface area contributed by atoms with Crippen molar-refractivity contribution in [2.75, 3.05) is 5.43 Å². The Morgan fingerprint density at radius 1 is 1.04 bits per heavy atom. The number of carbonyl (C=O) groups is 1. The van der Waals surface area contributed by atoms with Crippen molar-refractivity contribution in [3.05, 3.63) is 76.7 Å². The fraction of sp³-hybridized carbons (Fsp3) is 0.100. The lowest BCUT2D eigenvalue weighted by atomic mass is 10.1. The Morgan fingerprint density at radius 2 is 1.82 bits per heavy atom. The topological polar surface area (TPSA) is 84.7 Å². The highest BCUT2D eigenvalue weighted by Crippen LogP contribution is 2.22. The van der Waals surface area contributed by atoms with Crippen LogP contribution in [0.25, 0.3) is 16.7 Å². The van der Waals surface area contributed by atoms with Crippen molar-refractivity contribution in [1.29, 1.82) is 0 Å². The Balaban J connectivity index is 1.60. The molecule has 4 aromatic rings. The number of carbonyl (C=O) groups excluding carboxylic acids is 1. The van der Waals surface area contributed by atoms with Crippen LogP contribution in [-0.2, 0) is 0 Å². The predicted molar refractivity (Wildman–Crippen MR) is 109 cm³/mol. The van der Waals surface area contributed by atoms with Gasteiger partial charge in [0.05, 0.1) is 17.3 Å². The van der Waals surface area contributed by atoms with Crippen LogP contribution in [0, 0.1) is 13.8 Å². The summed E-state index contributed by atoms with van der Waals surface area (Å²) in [4.78, 5) is 20.8. The van der Waals surface area contributed by atoms with E-state index in [4.69, 9.17) is 11.6 Å². The molecule has 2 N–H and O–H groups in total. The van der Waals surface area contributed by atoms with Gasteiger partial charge in [-0.05, 0) is 61.4 Å². The van der Waals surface area contributed by atoms with E-state index in [1.807, 2.05) is 12.1 Å². The molecule has 0 aliphatic rings. The highest BCUT2D eigenvalue weighted by atomic mass is 35.5. The molecule has 0 aliphatic heterocycles. The number of hydrogen-bond donors (Lipinski definition) is 2. The summed E-state index contributed by atoms with van der Waals surface area (Å²) in [5.41, 5.74) is 9.89. The van der Waals surface area contributed by atoms with E-state index >= 15 is 0 Å². The maximum atomic E-state index is 12.3. The van der Waals surface area contributed by atoms with Crippen molar-refractivity contribution in [3.63, 3.8) is 0 Å².